The third kappa shape index (κ3) is 4.10. The Labute approximate surface area is 230 Å². The van der Waals surface area contributed by atoms with E-state index in [2.05, 4.69) is 38.7 Å². The van der Waals surface area contributed by atoms with E-state index in [4.69, 9.17) is 19.8 Å². The molecule has 2 aromatic carbocycles. The highest BCUT2D eigenvalue weighted by Crippen LogP contribution is 2.42. The zero-order valence-corrected chi connectivity index (χ0v) is 24.1. The Morgan fingerprint density at radius 1 is 1.00 bits per heavy atom. The second-order valence-corrected chi connectivity index (χ2v) is 12.1. The lowest BCUT2D eigenvalue weighted by atomic mass is 9.86. The van der Waals surface area contributed by atoms with E-state index in [1.807, 2.05) is 32.0 Å². The van der Waals surface area contributed by atoms with E-state index in [1.54, 1.807) is 7.11 Å². The van der Waals surface area contributed by atoms with Gasteiger partial charge in [0.05, 0.1) is 24.2 Å². The van der Waals surface area contributed by atoms with E-state index in [0.717, 1.165) is 48.5 Å². The van der Waals surface area contributed by atoms with Crippen LogP contribution in [0.25, 0.3) is 11.3 Å². The molecule has 0 N–H and O–H groups in total. The third-order valence-electron chi connectivity index (χ3n) is 8.26. The lowest BCUT2D eigenvalue weighted by molar-refractivity contribution is 0.416. The van der Waals surface area contributed by atoms with Crippen LogP contribution in [0.2, 0.25) is 0 Å². The van der Waals surface area contributed by atoms with Gasteiger partial charge in [-0.05, 0) is 81.3 Å². The molecule has 0 fully saturated rings. The highest BCUT2D eigenvalue weighted by molar-refractivity contribution is 6.50. The number of benzene rings is 2. The average Bonchev–Trinajstić information content (AvgIpc) is 3.28. The van der Waals surface area contributed by atoms with Crippen molar-refractivity contribution in [1.82, 2.24) is 9.66 Å². The highest BCUT2D eigenvalue weighted by Gasteiger charge is 2.36. The molecule has 0 radical (unpaired) electrons. The average molecular weight is 524 g/mol. The molecular weight excluding hydrogens is 486 g/mol. The van der Waals surface area contributed by atoms with Crippen molar-refractivity contribution in [2.45, 2.75) is 67.2 Å². The van der Waals surface area contributed by atoms with Crippen LogP contribution >= 0.6 is 0 Å². The lowest BCUT2D eigenvalue weighted by Crippen LogP contribution is -2.34. The molecule has 202 valence electrons. The number of fused-ring (bicyclic) bond motifs is 1. The molecule has 3 aliphatic heterocycles. The normalized spacial score (nSPS) is 17.3. The minimum atomic E-state index is -0.332. The van der Waals surface area contributed by atoms with Crippen LogP contribution in [0.5, 0.6) is 5.75 Å². The first kappa shape index (κ1) is 25.5. The summed E-state index contributed by atoms with van der Waals surface area (Å²) in [4.78, 5) is 26.7. The van der Waals surface area contributed by atoms with E-state index in [1.165, 1.54) is 39.9 Å². The smallest absolute Gasteiger partial charge is 0.278 e. The summed E-state index contributed by atoms with van der Waals surface area (Å²) in [5, 5.41) is 4.83. The largest absolute Gasteiger partial charge is 0.496 e. The van der Waals surface area contributed by atoms with Gasteiger partial charge in [0.25, 0.3) is 5.56 Å². The summed E-state index contributed by atoms with van der Waals surface area (Å²) in [6.07, 6.45) is 4.49. The number of hydrogen-bond acceptors (Lipinski definition) is 6. The maximum Gasteiger partial charge on any atom is 0.278 e. The first-order valence-corrected chi connectivity index (χ1v) is 14.0. The van der Waals surface area contributed by atoms with Gasteiger partial charge in [-0.1, -0.05) is 32.4 Å². The molecule has 7 nitrogen and oxygen atoms in total. The van der Waals surface area contributed by atoms with Gasteiger partial charge in [-0.3, -0.25) is 4.79 Å². The Bertz CT molecular complexity index is 1640. The summed E-state index contributed by atoms with van der Waals surface area (Å²) < 4.78 is 7.11. The van der Waals surface area contributed by atoms with E-state index in [-0.39, 0.29) is 11.0 Å². The van der Waals surface area contributed by atoms with E-state index in [9.17, 15) is 4.79 Å². The van der Waals surface area contributed by atoms with Gasteiger partial charge in [0.1, 0.15) is 11.5 Å². The fourth-order valence-corrected chi connectivity index (χ4v) is 6.21. The van der Waals surface area contributed by atoms with Crippen LogP contribution in [0.4, 0.5) is 11.4 Å². The molecule has 4 heterocycles. The number of anilines is 1. The summed E-state index contributed by atoms with van der Waals surface area (Å²) in [6, 6.07) is 8.20. The Morgan fingerprint density at radius 3 is 2.46 bits per heavy atom. The van der Waals surface area contributed by atoms with Crippen LogP contribution in [0.15, 0.2) is 39.2 Å². The molecule has 3 aliphatic rings. The number of aryl methyl sites for hydroxylation is 2. The van der Waals surface area contributed by atoms with E-state index in [0.29, 0.717) is 28.5 Å². The summed E-state index contributed by atoms with van der Waals surface area (Å²) in [7, 11) is 1.64. The van der Waals surface area contributed by atoms with Gasteiger partial charge >= 0.3 is 0 Å². The molecule has 7 heteroatoms. The molecule has 0 spiro atoms. The Kier molecular flexibility index (Phi) is 6.01. The maximum absolute atomic E-state index is 13.7. The first-order valence-electron chi connectivity index (χ1n) is 14.0. The summed E-state index contributed by atoms with van der Waals surface area (Å²) in [6.45, 7) is 14.6. The Balaban J connectivity index is 1.60. The molecule has 39 heavy (non-hydrogen) atoms. The number of aliphatic imine (C=N–C) groups is 1. The molecule has 0 aliphatic carbocycles. The minimum Gasteiger partial charge on any atom is -0.496 e. The van der Waals surface area contributed by atoms with Crippen molar-refractivity contribution in [2.75, 3.05) is 25.1 Å². The van der Waals surface area contributed by atoms with Gasteiger partial charge in [-0.2, -0.15) is 9.78 Å². The number of methoxy groups -OCH3 is 1. The molecular formula is C32H37N5O2. The van der Waals surface area contributed by atoms with Crippen molar-refractivity contribution in [3.63, 3.8) is 0 Å². The Hall–Kier alpha value is -3.74. The standard InChI is InChI=1S/C32H37N5O2/c1-18-12-13-25(39-7)23(16-18)26-20(3)31(38)37-30(34-26)27(29(35-37)32(4,5)6)33-24-17-21-10-8-14-36-15-9-11-22(19(24)2)28(21)36/h12-13,16-17H,8-11,14-15H2,1-7H3/b33-27-. The van der Waals surface area contributed by atoms with Crippen molar-refractivity contribution >= 4 is 22.8 Å². The highest BCUT2D eigenvalue weighted by atomic mass is 16.5. The number of rotatable bonds is 3. The van der Waals surface area contributed by atoms with Crippen molar-refractivity contribution in [3.05, 3.63) is 68.3 Å². The van der Waals surface area contributed by atoms with Crippen LogP contribution in [0.1, 0.15) is 67.3 Å². The van der Waals surface area contributed by atoms with Gasteiger partial charge in [0.2, 0.25) is 0 Å². The summed E-state index contributed by atoms with van der Waals surface area (Å²) >= 11 is 0. The molecule has 1 aromatic heterocycles. The minimum absolute atomic E-state index is 0.182. The van der Waals surface area contributed by atoms with Crippen LogP contribution in [0, 0.1) is 26.2 Å². The van der Waals surface area contributed by atoms with Crippen molar-refractivity contribution in [2.24, 2.45) is 15.5 Å². The maximum atomic E-state index is 13.7. The molecule has 3 aromatic rings. The van der Waals surface area contributed by atoms with Gasteiger partial charge in [0.15, 0.2) is 5.82 Å². The summed E-state index contributed by atoms with van der Waals surface area (Å²) in [5.74, 6) is 1.17. The van der Waals surface area contributed by atoms with Crippen molar-refractivity contribution in [3.8, 4) is 17.0 Å². The number of nitrogens with zero attached hydrogens (tertiary/aromatic N) is 5. The first-order chi connectivity index (χ1) is 18.6. The van der Waals surface area contributed by atoms with Crippen LogP contribution in [0.3, 0.4) is 0 Å². The third-order valence-corrected chi connectivity index (χ3v) is 8.26. The van der Waals surface area contributed by atoms with Gasteiger partial charge < -0.3 is 9.64 Å². The zero-order chi connectivity index (χ0) is 27.6. The van der Waals surface area contributed by atoms with Crippen molar-refractivity contribution < 1.29 is 4.74 Å². The lowest BCUT2D eigenvalue weighted by Gasteiger charge is -2.38. The number of aromatic nitrogens is 2. The monoisotopic (exact) mass is 523 g/mol. The SMILES string of the molecule is COc1ccc(C)cc1-c1nc2n(c(=O)c1C)N=C(C(C)(C)C)/C2=N/c1cc2c3c(c1C)CCCN3CCC2. The van der Waals surface area contributed by atoms with Crippen LogP contribution in [-0.2, 0) is 12.8 Å². The van der Waals surface area contributed by atoms with E-state index < -0.39 is 0 Å². The van der Waals surface area contributed by atoms with Crippen molar-refractivity contribution in [1.29, 1.82) is 0 Å². The molecule has 0 unspecified atom stereocenters. The second kappa shape index (κ2) is 9.18. The number of hydrogen-bond donors (Lipinski definition) is 0. The quantitative estimate of drug-likeness (QED) is 0.427. The van der Waals surface area contributed by atoms with Crippen LogP contribution in [-0.4, -0.2) is 41.3 Å². The molecule has 6 rings (SSSR count). The fourth-order valence-electron chi connectivity index (χ4n) is 6.21. The van der Waals surface area contributed by atoms with E-state index >= 15 is 0 Å². The molecule has 0 saturated heterocycles. The van der Waals surface area contributed by atoms with Gasteiger partial charge in [0, 0.05) is 35.3 Å². The van der Waals surface area contributed by atoms with Gasteiger partial charge in [-0.25, -0.2) is 9.98 Å². The van der Waals surface area contributed by atoms with Crippen LogP contribution < -0.4 is 15.2 Å². The second-order valence-electron chi connectivity index (χ2n) is 12.1. The molecule has 0 bridgehead atoms. The molecule has 0 atom stereocenters. The molecule has 0 saturated carbocycles. The number of ether oxygens (including phenoxy) is 1. The van der Waals surface area contributed by atoms with Gasteiger partial charge in [-0.15, -0.1) is 0 Å². The zero-order valence-electron chi connectivity index (χ0n) is 24.1. The molecule has 0 amide bonds. The summed E-state index contributed by atoms with van der Waals surface area (Å²) in [5.41, 5.74) is 10.4. The predicted octanol–water partition coefficient (Wildman–Crippen LogP) is 5.93. The topological polar surface area (TPSA) is 72.1 Å². The predicted molar refractivity (Wildman–Crippen MR) is 158 cm³/mol. The fraction of sp³-hybridized carbons (Fsp3) is 0.438. The Morgan fingerprint density at radius 2 is 1.74 bits per heavy atom.